The number of rotatable bonds is 11. The summed E-state index contributed by atoms with van der Waals surface area (Å²) in [5.74, 6) is 0. The Labute approximate surface area is 210 Å². The van der Waals surface area contributed by atoms with Crippen molar-refractivity contribution in [2.45, 2.75) is 60.2 Å². The largest absolute Gasteiger partial charge is 1.00 e. The maximum atomic E-state index is 11.3. The first-order chi connectivity index (χ1) is 10.4. The molecule has 0 aliphatic rings. The van der Waals surface area contributed by atoms with Crippen LogP contribution >= 0.6 is 45.2 Å². The van der Waals surface area contributed by atoms with Gasteiger partial charge < -0.3 is 4.55 Å². The molecule has 0 saturated carbocycles. The van der Waals surface area contributed by atoms with E-state index in [1.165, 1.54) is 49.0 Å². The molecule has 0 heterocycles. The van der Waals surface area contributed by atoms with Crippen molar-refractivity contribution >= 4 is 55.3 Å². The molecule has 0 aliphatic carbocycles. The first kappa shape index (κ1) is 25.2. The average molecular weight is 588 g/mol. The van der Waals surface area contributed by atoms with Crippen molar-refractivity contribution in [2.75, 3.05) is 4.43 Å². The minimum atomic E-state index is -4.37. The third-order valence-corrected chi connectivity index (χ3v) is 6.35. The Morgan fingerprint density at radius 1 is 1.00 bits per heavy atom. The van der Waals surface area contributed by atoms with E-state index in [0.29, 0.717) is 15.9 Å². The molecule has 0 fully saturated rings. The normalized spacial score (nSPS) is 12.7. The van der Waals surface area contributed by atoms with E-state index in [1.807, 2.05) is 0 Å². The van der Waals surface area contributed by atoms with Gasteiger partial charge in [-0.05, 0) is 35.3 Å². The maximum Gasteiger partial charge on any atom is 1.00 e. The topological polar surface area (TPSA) is 57.2 Å². The minimum Gasteiger partial charge on any atom is -0.744 e. The summed E-state index contributed by atoms with van der Waals surface area (Å²) in [6.07, 6.45) is 9.36. The number of benzene rings is 1. The first-order valence-electron chi connectivity index (χ1n) is 7.69. The fourth-order valence-electron chi connectivity index (χ4n) is 2.42. The van der Waals surface area contributed by atoms with Gasteiger partial charge in [0.2, 0.25) is 0 Å². The zero-order chi connectivity index (χ0) is 16.4. The van der Waals surface area contributed by atoms with E-state index in [1.54, 1.807) is 18.2 Å². The Morgan fingerprint density at radius 3 is 2.17 bits per heavy atom. The Kier molecular flexibility index (Phi) is 15.7. The first-order valence-corrected chi connectivity index (χ1v) is 11.9. The zero-order valence-corrected chi connectivity index (χ0v) is 21.9. The predicted octanol–water partition coefficient (Wildman–Crippen LogP) is 2.11. The van der Waals surface area contributed by atoms with Crippen LogP contribution in [0.4, 0.5) is 0 Å². The van der Waals surface area contributed by atoms with Crippen LogP contribution in [0.15, 0.2) is 29.2 Å². The Hall–Kier alpha value is 2.23. The van der Waals surface area contributed by atoms with Crippen LogP contribution in [-0.4, -0.2) is 21.3 Å². The van der Waals surface area contributed by atoms with Crippen LogP contribution in [0.1, 0.15) is 50.5 Å². The summed E-state index contributed by atoms with van der Waals surface area (Å²) in [7, 11) is -4.37. The molecule has 0 aromatic heterocycles. The van der Waals surface area contributed by atoms with E-state index in [2.05, 4.69) is 45.2 Å². The Bertz CT molecular complexity index is 538. The quantitative estimate of drug-likeness (QED) is 0.131. The van der Waals surface area contributed by atoms with Crippen LogP contribution < -0.4 is 51.4 Å². The second kappa shape index (κ2) is 14.3. The standard InChI is InChI=1S/C16H24I2O3S.K/c17-12-8-4-2-1-3-5-10-15(18)13-14-9-6-7-11-16(14)22(19,20)21;/h6-7,9,11,15H,1-5,8,10,12-13H2,(H,19,20,21);/q;+1/p-1. The van der Waals surface area contributed by atoms with Gasteiger partial charge in [-0.15, -0.1) is 0 Å². The van der Waals surface area contributed by atoms with Crippen molar-refractivity contribution in [3.63, 3.8) is 0 Å². The second-order valence-corrected chi connectivity index (χ2v) is 9.65. The monoisotopic (exact) mass is 588 g/mol. The Morgan fingerprint density at radius 2 is 1.57 bits per heavy atom. The van der Waals surface area contributed by atoms with Crippen molar-refractivity contribution in [1.82, 2.24) is 0 Å². The molecule has 1 rings (SSSR count). The average Bonchev–Trinajstić information content (AvgIpc) is 2.46. The van der Waals surface area contributed by atoms with E-state index in [9.17, 15) is 13.0 Å². The third-order valence-electron chi connectivity index (χ3n) is 3.58. The number of hydrogen-bond acceptors (Lipinski definition) is 3. The maximum absolute atomic E-state index is 11.3. The summed E-state index contributed by atoms with van der Waals surface area (Å²) in [6.45, 7) is 0. The molecule has 1 aromatic rings. The summed E-state index contributed by atoms with van der Waals surface area (Å²) in [5.41, 5.74) is 0.652. The van der Waals surface area contributed by atoms with Gasteiger partial charge in [0.05, 0.1) is 4.90 Å². The van der Waals surface area contributed by atoms with E-state index < -0.39 is 10.1 Å². The molecule has 1 aromatic carbocycles. The van der Waals surface area contributed by atoms with E-state index in [4.69, 9.17) is 0 Å². The van der Waals surface area contributed by atoms with Crippen LogP contribution in [0.2, 0.25) is 0 Å². The molecule has 3 nitrogen and oxygen atoms in total. The van der Waals surface area contributed by atoms with Crippen LogP contribution in [-0.2, 0) is 16.5 Å². The molecule has 23 heavy (non-hydrogen) atoms. The van der Waals surface area contributed by atoms with Gasteiger partial charge in [0.15, 0.2) is 0 Å². The number of unbranched alkanes of at least 4 members (excludes halogenated alkanes) is 5. The summed E-state index contributed by atoms with van der Waals surface area (Å²) < 4.78 is 35.4. The summed E-state index contributed by atoms with van der Waals surface area (Å²) in [4.78, 5) is -0.0598. The van der Waals surface area contributed by atoms with Gasteiger partial charge in [0.1, 0.15) is 10.1 Å². The number of hydrogen-bond donors (Lipinski definition) is 0. The molecule has 1 unspecified atom stereocenters. The van der Waals surface area contributed by atoms with Gasteiger partial charge in [-0.3, -0.25) is 0 Å². The second-order valence-electron chi connectivity index (χ2n) is 5.46. The van der Waals surface area contributed by atoms with Crippen molar-refractivity contribution in [1.29, 1.82) is 0 Å². The fraction of sp³-hybridized carbons (Fsp3) is 0.625. The predicted molar refractivity (Wildman–Crippen MR) is 107 cm³/mol. The van der Waals surface area contributed by atoms with Crippen molar-refractivity contribution in [2.24, 2.45) is 0 Å². The van der Waals surface area contributed by atoms with E-state index in [0.717, 1.165) is 6.42 Å². The van der Waals surface area contributed by atoms with Crippen molar-refractivity contribution < 1.29 is 64.4 Å². The van der Waals surface area contributed by atoms with E-state index in [-0.39, 0.29) is 56.3 Å². The van der Waals surface area contributed by atoms with Crippen LogP contribution in [0.3, 0.4) is 0 Å². The molecule has 1 atom stereocenters. The molecule has 0 aliphatic heterocycles. The summed E-state index contributed by atoms with van der Waals surface area (Å²) >= 11 is 4.78. The van der Waals surface area contributed by atoms with Gasteiger partial charge in [-0.2, -0.15) is 0 Å². The molecule has 0 bridgehead atoms. The molecular weight excluding hydrogens is 565 g/mol. The van der Waals surface area contributed by atoms with Crippen LogP contribution in [0.25, 0.3) is 0 Å². The molecular formula is C16H23I2KO3S. The molecule has 0 spiro atoms. The van der Waals surface area contributed by atoms with E-state index >= 15 is 0 Å². The van der Waals surface area contributed by atoms with Gasteiger partial charge in [0, 0.05) is 3.92 Å². The SMILES string of the molecule is O=S(=O)([O-])c1ccccc1CC(I)CCCCCCCCI.[K+]. The number of halogens is 2. The Balaban J connectivity index is 0.00000484. The molecule has 0 saturated heterocycles. The van der Waals surface area contributed by atoms with Gasteiger partial charge in [-0.25, -0.2) is 8.42 Å². The summed E-state index contributed by atoms with van der Waals surface area (Å²) in [6, 6.07) is 6.56. The zero-order valence-electron chi connectivity index (χ0n) is 13.6. The summed E-state index contributed by atoms with van der Waals surface area (Å²) in [5, 5.41) is 0. The minimum absolute atomic E-state index is 0. The smallest absolute Gasteiger partial charge is 0.744 e. The molecule has 0 amide bonds. The van der Waals surface area contributed by atoms with Crippen LogP contribution in [0.5, 0.6) is 0 Å². The van der Waals surface area contributed by atoms with Gasteiger partial charge in [-0.1, -0.05) is 95.5 Å². The molecule has 7 heteroatoms. The third kappa shape index (κ3) is 11.5. The fourth-order valence-corrected chi connectivity index (χ4v) is 4.60. The molecule has 126 valence electrons. The van der Waals surface area contributed by atoms with Crippen molar-refractivity contribution in [3.05, 3.63) is 29.8 Å². The number of alkyl halides is 2. The molecule has 0 radical (unpaired) electrons. The van der Waals surface area contributed by atoms with Gasteiger partial charge in [0.25, 0.3) is 0 Å². The van der Waals surface area contributed by atoms with Gasteiger partial charge >= 0.3 is 51.4 Å². The van der Waals surface area contributed by atoms with Crippen molar-refractivity contribution in [3.8, 4) is 0 Å². The van der Waals surface area contributed by atoms with Crippen LogP contribution in [0, 0.1) is 0 Å². The molecule has 0 N–H and O–H groups in total.